The zero-order valence-corrected chi connectivity index (χ0v) is 18.0. The number of carboxylic acids is 2. The molecule has 0 aliphatic heterocycles. The number of ether oxygens (including phenoxy) is 2. The van der Waals surface area contributed by atoms with Gasteiger partial charge < -0.3 is 24.8 Å². The fourth-order valence-electron chi connectivity index (χ4n) is 2.71. The van der Waals surface area contributed by atoms with Gasteiger partial charge in [-0.25, -0.2) is 4.79 Å². The predicted octanol–water partition coefficient (Wildman–Crippen LogP) is 2.69. The predicted molar refractivity (Wildman–Crippen MR) is 109 cm³/mol. The molecule has 2 aromatic carbocycles. The van der Waals surface area contributed by atoms with Crippen molar-refractivity contribution in [3.8, 4) is 5.75 Å². The molecule has 2 aromatic rings. The molecule has 0 radical (unpaired) electrons. The minimum absolute atomic E-state index is 0.517. The quantitative estimate of drug-likeness (QED) is 0.526. The second-order valence-corrected chi connectivity index (χ2v) is 6.99. The van der Waals surface area contributed by atoms with Crippen LogP contribution in [0.25, 0.3) is 10.8 Å². The van der Waals surface area contributed by atoms with E-state index in [0.717, 1.165) is 15.2 Å². The summed E-state index contributed by atoms with van der Waals surface area (Å²) < 4.78 is 10.2. The van der Waals surface area contributed by atoms with E-state index in [0.29, 0.717) is 11.3 Å². The first-order chi connectivity index (χ1) is 13.6. The van der Waals surface area contributed by atoms with Crippen LogP contribution in [-0.2, 0) is 19.1 Å². The topological polar surface area (TPSA) is 130 Å². The average molecular weight is 471 g/mol. The van der Waals surface area contributed by atoms with Crippen molar-refractivity contribution in [2.24, 2.45) is 5.92 Å². The van der Waals surface area contributed by atoms with E-state index in [-0.39, 0.29) is 0 Å². The number of aliphatic hydroxyl groups is 1. The Morgan fingerprint density at radius 2 is 1.59 bits per heavy atom. The smallest absolute Gasteiger partial charge is 0.333 e. The highest BCUT2D eigenvalue weighted by molar-refractivity contribution is 9.10. The minimum atomic E-state index is -2.30. The summed E-state index contributed by atoms with van der Waals surface area (Å²) in [5.41, 5.74) is 0.517. The third-order valence-electron chi connectivity index (χ3n) is 4.23. The number of hydrogen-bond acceptors (Lipinski definition) is 6. The van der Waals surface area contributed by atoms with E-state index in [1.165, 1.54) is 6.92 Å². The fraction of sp³-hybridized carbons (Fsp3) is 0.350. The monoisotopic (exact) mass is 470 g/mol. The Bertz CT molecular complexity index is 895. The number of aliphatic carboxylic acids is 2. The largest absolute Gasteiger partial charge is 0.496 e. The van der Waals surface area contributed by atoms with E-state index < -0.39 is 35.7 Å². The molecule has 9 heteroatoms. The van der Waals surface area contributed by atoms with Crippen LogP contribution in [0.5, 0.6) is 5.75 Å². The third kappa shape index (κ3) is 5.75. The van der Waals surface area contributed by atoms with Crippen LogP contribution in [-0.4, -0.2) is 60.5 Å². The van der Waals surface area contributed by atoms with Crippen LogP contribution in [0.3, 0.4) is 0 Å². The Morgan fingerprint density at radius 3 is 2.07 bits per heavy atom. The molecular weight excluding hydrogens is 448 g/mol. The number of ketones is 1. The van der Waals surface area contributed by atoms with Gasteiger partial charge in [0.05, 0.1) is 11.6 Å². The first-order valence-electron chi connectivity index (χ1n) is 8.44. The zero-order valence-electron chi connectivity index (χ0n) is 16.4. The van der Waals surface area contributed by atoms with Gasteiger partial charge in [0, 0.05) is 20.1 Å². The summed E-state index contributed by atoms with van der Waals surface area (Å²) >= 11 is 3.44. The van der Waals surface area contributed by atoms with Crippen LogP contribution < -0.4 is 4.74 Å². The number of fused-ring (bicyclic) bond motifs is 1. The number of benzene rings is 2. The number of carbonyl (C=O) groups is 3. The number of aliphatic hydroxyl groups excluding tert-OH is 1. The van der Waals surface area contributed by atoms with Crippen LogP contribution in [0, 0.1) is 5.92 Å². The Kier molecular flexibility index (Phi) is 9.22. The molecule has 0 saturated carbocycles. The Hall–Kier alpha value is -2.49. The maximum absolute atomic E-state index is 12.5. The summed E-state index contributed by atoms with van der Waals surface area (Å²) in [6.07, 6.45) is -2.30. The molecule has 3 N–H and O–H groups in total. The average Bonchev–Trinajstić information content (AvgIpc) is 2.67. The molecule has 0 saturated heterocycles. The van der Waals surface area contributed by atoms with E-state index in [1.54, 1.807) is 51.7 Å². The van der Waals surface area contributed by atoms with Crippen molar-refractivity contribution in [2.75, 3.05) is 21.3 Å². The maximum atomic E-state index is 12.5. The lowest BCUT2D eigenvalue weighted by molar-refractivity contribution is -0.163. The number of hydrogen-bond donors (Lipinski definition) is 3. The highest BCUT2D eigenvalue weighted by atomic mass is 79.9. The SMILES string of the molecule is COC.COc1ccc2cc([C@@H](C)C(=O)C(C(=O)O)C(O)C(=O)O)ccc2c1Br. The zero-order chi connectivity index (χ0) is 22.3. The molecule has 0 amide bonds. The number of carbonyl (C=O) groups excluding carboxylic acids is 1. The van der Waals surface area contributed by atoms with E-state index in [1.807, 2.05) is 0 Å². The van der Waals surface area contributed by atoms with Crippen molar-refractivity contribution in [3.05, 3.63) is 40.4 Å². The fourth-order valence-corrected chi connectivity index (χ4v) is 3.36. The van der Waals surface area contributed by atoms with E-state index in [4.69, 9.17) is 14.9 Å². The van der Waals surface area contributed by atoms with Gasteiger partial charge in [-0.05, 0) is 38.3 Å². The van der Waals surface area contributed by atoms with Crippen LogP contribution in [0.15, 0.2) is 34.8 Å². The summed E-state index contributed by atoms with van der Waals surface area (Å²) in [5.74, 6) is -6.61. The van der Waals surface area contributed by atoms with Gasteiger partial charge in [-0.1, -0.05) is 31.2 Å². The molecule has 29 heavy (non-hydrogen) atoms. The molecule has 0 heterocycles. The van der Waals surface area contributed by atoms with Crippen molar-refractivity contribution < 1.29 is 39.2 Å². The second-order valence-electron chi connectivity index (χ2n) is 6.19. The van der Waals surface area contributed by atoms with Crippen molar-refractivity contribution in [2.45, 2.75) is 18.9 Å². The lowest BCUT2D eigenvalue weighted by Gasteiger charge is -2.19. The lowest BCUT2D eigenvalue weighted by Crippen LogP contribution is -2.41. The Balaban J connectivity index is 0.00000132. The molecule has 0 aliphatic carbocycles. The third-order valence-corrected chi connectivity index (χ3v) is 5.05. The van der Waals surface area contributed by atoms with Gasteiger partial charge >= 0.3 is 11.9 Å². The summed E-state index contributed by atoms with van der Waals surface area (Å²) in [5, 5.41) is 29.2. The van der Waals surface area contributed by atoms with Gasteiger partial charge in [-0.15, -0.1) is 0 Å². The van der Waals surface area contributed by atoms with Gasteiger partial charge in [0.25, 0.3) is 0 Å². The molecule has 0 bridgehead atoms. The molecular formula is C20H23BrO8. The standard InChI is InChI=1S/C18H17BrO7.C2H6O/c1-8(15(20)13(17(22)23)16(21)18(24)25)9-3-5-11-10(7-9)4-6-12(26-2)14(11)19;1-3-2/h3-8,13,16,21H,1-2H3,(H,22,23)(H,24,25);1-2H3/t8-,13?,16?;/m1./s1. The Morgan fingerprint density at radius 1 is 1.00 bits per heavy atom. The molecule has 8 nitrogen and oxygen atoms in total. The Labute approximate surface area is 176 Å². The minimum Gasteiger partial charge on any atom is -0.496 e. The van der Waals surface area contributed by atoms with Crippen LogP contribution in [0.1, 0.15) is 18.4 Å². The van der Waals surface area contributed by atoms with E-state index in [9.17, 15) is 19.5 Å². The van der Waals surface area contributed by atoms with Crippen molar-refractivity contribution in [1.29, 1.82) is 0 Å². The van der Waals surface area contributed by atoms with Gasteiger partial charge in [0.15, 0.2) is 17.8 Å². The molecule has 2 rings (SSSR count). The molecule has 2 unspecified atom stereocenters. The van der Waals surface area contributed by atoms with Crippen molar-refractivity contribution in [3.63, 3.8) is 0 Å². The number of methoxy groups -OCH3 is 2. The maximum Gasteiger partial charge on any atom is 0.333 e. The van der Waals surface area contributed by atoms with Gasteiger partial charge in [-0.2, -0.15) is 0 Å². The van der Waals surface area contributed by atoms with Gasteiger partial charge in [-0.3, -0.25) is 9.59 Å². The lowest BCUT2D eigenvalue weighted by atomic mass is 9.85. The van der Waals surface area contributed by atoms with E-state index in [2.05, 4.69) is 20.7 Å². The summed E-state index contributed by atoms with van der Waals surface area (Å²) in [6, 6.07) is 8.66. The molecule has 0 spiro atoms. The number of carboxylic acid groups (broad SMARTS) is 2. The van der Waals surface area contributed by atoms with Crippen molar-refractivity contribution in [1.82, 2.24) is 0 Å². The van der Waals surface area contributed by atoms with E-state index >= 15 is 0 Å². The van der Waals surface area contributed by atoms with Gasteiger partial charge in [0.1, 0.15) is 5.75 Å². The molecule has 158 valence electrons. The summed E-state index contributed by atoms with van der Waals surface area (Å²) in [7, 11) is 4.79. The van der Waals surface area contributed by atoms with Crippen molar-refractivity contribution >= 4 is 44.4 Å². The molecule has 0 aromatic heterocycles. The number of rotatable bonds is 7. The van der Waals surface area contributed by atoms with Crippen LogP contribution >= 0.6 is 15.9 Å². The normalized spacial score (nSPS) is 13.6. The number of halogens is 1. The highest BCUT2D eigenvalue weighted by Crippen LogP contribution is 2.35. The van der Waals surface area contributed by atoms with Gasteiger partial charge in [0.2, 0.25) is 0 Å². The first-order valence-corrected chi connectivity index (χ1v) is 9.23. The molecule has 0 aliphatic rings. The molecule has 3 atom stereocenters. The second kappa shape index (κ2) is 10.9. The highest BCUT2D eigenvalue weighted by Gasteiger charge is 2.40. The van der Waals surface area contributed by atoms with Crippen LogP contribution in [0.4, 0.5) is 0 Å². The molecule has 0 fully saturated rings. The summed E-state index contributed by atoms with van der Waals surface area (Å²) in [6.45, 7) is 1.48. The number of Topliss-reactive ketones (excluding diaryl/α,β-unsaturated/α-hetero) is 1. The van der Waals surface area contributed by atoms with Crippen LogP contribution in [0.2, 0.25) is 0 Å². The summed E-state index contributed by atoms with van der Waals surface area (Å²) in [4.78, 5) is 34.7. The first kappa shape index (κ1) is 24.5.